The average Bonchev–Trinajstić information content (AvgIpc) is 2.41. The number of carbonyl (C=O) groups is 1. The van der Waals surface area contributed by atoms with E-state index in [1.54, 1.807) is 6.21 Å². The summed E-state index contributed by atoms with van der Waals surface area (Å²) in [5.74, 6) is -0.000129. The number of hydrazone groups is 1. The second-order valence-electron chi connectivity index (χ2n) is 4.87. The van der Waals surface area contributed by atoms with Gasteiger partial charge in [-0.15, -0.1) is 0 Å². The van der Waals surface area contributed by atoms with Crippen molar-refractivity contribution in [3.05, 3.63) is 35.4 Å². The van der Waals surface area contributed by atoms with Gasteiger partial charge in [0.15, 0.2) is 0 Å². The third kappa shape index (κ3) is 7.39. The molecular formula is C16H24N2O. The van der Waals surface area contributed by atoms with Crippen molar-refractivity contribution in [1.82, 2.24) is 5.43 Å². The number of unbranched alkanes of at least 4 members (excludes halogenated alkanes) is 4. The lowest BCUT2D eigenvalue weighted by atomic mass is 10.1. The Morgan fingerprint density at radius 3 is 2.53 bits per heavy atom. The monoisotopic (exact) mass is 260 g/mol. The lowest BCUT2D eigenvalue weighted by molar-refractivity contribution is -0.121. The first-order valence-electron chi connectivity index (χ1n) is 7.11. The Morgan fingerprint density at radius 2 is 1.84 bits per heavy atom. The second kappa shape index (κ2) is 9.31. The summed E-state index contributed by atoms with van der Waals surface area (Å²) in [6.45, 7) is 4.23. The zero-order valence-corrected chi connectivity index (χ0v) is 12.0. The molecule has 1 aromatic rings. The van der Waals surface area contributed by atoms with E-state index < -0.39 is 0 Å². The minimum Gasteiger partial charge on any atom is -0.273 e. The van der Waals surface area contributed by atoms with Crippen LogP contribution < -0.4 is 5.43 Å². The molecule has 3 heteroatoms. The Kier molecular flexibility index (Phi) is 7.56. The van der Waals surface area contributed by atoms with Gasteiger partial charge in [-0.25, -0.2) is 5.43 Å². The van der Waals surface area contributed by atoms with Crippen molar-refractivity contribution in [3.8, 4) is 0 Å². The maximum absolute atomic E-state index is 11.5. The largest absolute Gasteiger partial charge is 0.273 e. The molecule has 1 N–H and O–H groups in total. The van der Waals surface area contributed by atoms with E-state index in [4.69, 9.17) is 0 Å². The third-order valence-electron chi connectivity index (χ3n) is 2.99. The maximum Gasteiger partial charge on any atom is 0.240 e. The fraction of sp³-hybridized carbons (Fsp3) is 0.500. The molecule has 0 aromatic heterocycles. The molecule has 1 amide bonds. The van der Waals surface area contributed by atoms with Gasteiger partial charge in [-0.1, -0.05) is 62.4 Å². The average molecular weight is 260 g/mol. The first-order valence-corrected chi connectivity index (χ1v) is 7.11. The van der Waals surface area contributed by atoms with E-state index >= 15 is 0 Å². The van der Waals surface area contributed by atoms with Gasteiger partial charge in [0.05, 0.1) is 6.21 Å². The van der Waals surface area contributed by atoms with E-state index in [0.29, 0.717) is 6.42 Å². The molecular weight excluding hydrogens is 236 g/mol. The van der Waals surface area contributed by atoms with Crippen molar-refractivity contribution in [1.29, 1.82) is 0 Å². The Labute approximate surface area is 116 Å². The summed E-state index contributed by atoms with van der Waals surface area (Å²) < 4.78 is 0. The number of benzene rings is 1. The zero-order chi connectivity index (χ0) is 13.9. The van der Waals surface area contributed by atoms with Crippen molar-refractivity contribution < 1.29 is 4.79 Å². The van der Waals surface area contributed by atoms with Gasteiger partial charge in [0.25, 0.3) is 0 Å². The molecule has 0 heterocycles. The third-order valence-corrected chi connectivity index (χ3v) is 2.99. The van der Waals surface area contributed by atoms with Gasteiger partial charge >= 0.3 is 0 Å². The van der Waals surface area contributed by atoms with Gasteiger partial charge in [0, 0.05) is 6.42 Å². The van der Waals surface area contributed by atoms with Crippen LogP contribution in [0.2, 0.25) is 0 Å². The number of carbonyl (C=O) groups excluding carboxylic acids is 1. The number of amides is 1. The van der Waals surface area contributed by atoms with Crippen LogP contribution in [0, 0.1) is 6.92 Å². The first-order chi connectivity index (χ1) is 9.22. The molecule has 0 unspecified atom stereocenters. The summed E-state index contributed by atoms with van der Waals surface area (Å²) in [6.07, 6.45) is 8.02. The molecule has 0 saturated carbocycles. The SMILES string of the molecule is CCCCCCCC(=O)NN=Cc1ccc(C)cc1. The highest BCUT2D eigenvalue weighted by Crippen LogP contribution is 2.04. The van der Waals surface area contributed by atoms with Crippen LogP contribution in [0.5, 0.6) is 0 Å². The number of hydrogen-bond acceptors (Lipinski definition) is 2. The highest BCUT2D eigenvalue weighted by Gasteiger charge is 1.98. The molecule has 104 valence electrons. The fourth-order valence-corrected chi connectivity index (χ4v) is 1.78. The number of hydrogen-bond donors (Lipinski definition) is 1. The molecule has 0 fully saturated rings. The van der Waals surface area contributed by atoms with E-state index in [0.717, 1.165) is 18.4 Å². The second-order valence-corrected chi connectivity index (χ2v) is 4.87. The molecule has 0 saturated heterocycles. The first kappa shape index (κ1) is 15.4. The Hall–Kier alpha value is -1.64. The summed E-state index contributed by atoms with van der Waals surface area (Å²) in [5, 5.41) is 3.96. The molecule has 0 atom stereocenters. The smallest absolute Gasteiger partial charge is 0.240 e. The highest BCUT2D eigenvalue weighted by molar-refractivity contribution is 5.82. The molecule has 1 aromatic carbocycles. The van der Waals surface area contributed by atoms with Crippen LogP contribution >= 0.6 is 0 Å². The predicted molar refractivity (Wildman–Crippen MR) is 80.3 cm³/mol. The Bertz CT molecular complexity index is 396. The summed E-state index contributed by atoms with van der Waals surface area (Å²) >= 11 is 0. The van der Waals surface area contributed by atoms with E-state index in [1.807, 2.05) is 31.2 Å². The van der Waals surface area contributed by atoms with E-state index in [9.17, 15) is 4.79 Å². The number of aryl methyl sites for hydroxylation is 1. The van der Waals surface area contributed by atoms with Gasteiger partial charge in [0.2, 0.25) is 5.91 Å². The summed E-state index contributed by atoms with van der Waals surface area (Å²) in [6, 6.07) is 8.01. The van der Waals surface area contributed by atoms with Crippen LogP contribution in [-0.2, 0) is 4.79 Å². The molecule has 19 heavy (non-hydrogen) atoms. The lowest BCUT2D eigenvalue weighted by Gasteiger charge is -2.00. The van der Waals surface area contributed by atoms with Crippen molar-refractivity contribution in [3.63, 3.8) is 0 Å². The predicted octanol–water partition coefficient (Wildman–Crippen LogP) is 3.81. The lowest BCUT2D eigenvalue weighted by Crippen LogP contribution is -2.16. The Morgan fingerprint density at radius 1 is 1.16 bits per heavy atom. The topological polar surface area (TPSA) is 41.5 Å². The van der Waals surface area contributed by atoms with Crippen molar-refractivity contribution >= 4 is 12.1 Å². The minimum atomic E-state index is -0.000129. The number of rotatable bonds is 8. The van der Waals surface area contributed by atoms with Gasteiger partial charge in [-0.3, -0.25) is 4.79 Å². The summed E-state index contributed by atoms with van der Waals surface area (Å²) in [7, 11) is 0. The van der Waals surface area contributed by atoms with E-state index in [-0.39, 0.29) is 5.91 Å². The van der Waals surface area contributed by atoms with Gasteiger partial charge in [-0.2, -0.15) is 5.10 Å². The van der Waals surface area contributed by atoms with Crippen LogP contribution in [0.15, 0.2) is 29.4 Å². The fourth-order valence-electron chi connectivity index (χ4n) is 1.78. The van der Waals surface area contributed by atoms with Crippen LogP contribution in [0.25, 0.3) is 0 Å². The summed E-state index contributed by atoms with van der Waals surface area (Å²) in [4.78, 5) is 11.5. The molecule has 0 aliphatic heterocycles. The molecule has 3 nitrogen and oxygen atoms in total. The molecule has 0 bridgehead atoms. The van der Waals surface area contributed by atoms with Crippen LogP contribution in [-0.4, -0.2) is 12.1 Å². The highest BCUT2D eigenvalue weighted by atomic mass is 16.2. The van der Waals surface area contributed by atoms with Gasteiger partial charge in [0.1, 0.15) is 0 Å². The number of nitrogens with zero attached hydrogens (tertiary/aromatic N) is 1. The number of nitrogens with one attached hydrogen (secondary N) is 1. The maximum atomic E-state index is 11.5. The molecule has 1 rings (SSSR count). The molecule has 0 aliphatic carbocycles. The molecule has 0 spiro atoms. The van der Waals surface area contributed by atoms with Crippen LogP contribution in [0.1, 0.15) is 56.6 Å². The van der Waals surface area contributed by atoms with Crippen molar-refractivity contribution in [2.45, 2.75) is 52.4 Å². The quantitative estimate of drug-likeness (QED) is 0.431. The summed E-state index contributed by atoms with van der Waals surface area (Å²) in [5.41, 5.74) is 4.78. The van der Waals surface area contributed by atoms with Crippen LogP contribution in [0.3, 0.4) is 0 Å². The Balaban J connectivity index is 2.17. The standard InChI is InChI=1S/C16H24N2O/c1-3-4-5-6-7-8-16(19)18-17-13-15-11-9-14(2)10-12-15/h9-13H,3-8H2,1-2H3,(H,18,19). The molecule has 0 aliphatic rings. The van der Waals surface area contributed by atoms with Gasteiger partial charge < -0.3 is 0 Å². The van der Waals surface area contributed by atoms with E-state index in [2.05, 4.69) is 17.5 Å². The van der Waals surface area contributed by atoms with Gasteiger partial charge in [-0.05, 0) is 18.9 Å². The minimum absolute atomic E-state index is 0.000129. The van der Waals surface area contributed by atoms with Crippen molar-refractivity contribution in [2.24, 2.45) is 5.10 Å². The van der Waals surface area contributed by atoms with Crippen LogP contribution in [0.4, 0.5) is 0 Å². The normalized spacial score (nSPS) is 10.8. The van der Waals surface area contributed by atoms with E-state index in [1.165, 1.54) is 24.8 Å². The zero-order valence-electron chi connectivity index (χ0n) is 12.0. The molecule has 0 radical (unpaired) electrons. The van der Waals surface area contributed by atoms with Crippen molar-refractivity contribution in [2.75, 3.05) is 0 Å².